The van der Waals surface area contributed by atoms with Gasteiger partial charge in [-0.2, -0.15) is 18.4 Å². The predicted octanol–water partition coefficient (Wildman–Crippen LogP) is 2.96. The van der Waals surface area contributed by atoms with Crippen LogP contribution >= 0.6 is 0 Å². The molecule has 1 fully saturated rings. The number of nitriles is 1. The summed E-state index contributed by atoms with van der Waals surface area (Å²) in [5.74, 6) is 0. The highest BCUT2D eigenvalue weighted by molar-refractivity contribution is 5.37. The van der Waals surface area contributed by atoms with Crippen LogP contribution in [0.2, 0.25) is 0 Å². The fourth-order valence-corrected chi connectivity index (χ4v) is 1.61. The second-order valence-corrected chi connectivity index (χ2v) is 4.11. The predicted molar refractivity (Wildman–Crippen MR) is 50.5 cm³/mol. The normalized spacial score (nSPS) is 17.9. The van der Waals surface area contributed by atoms with Gasteiger partial charge in [-0.3, -0.25) is 0 Å². The van der Waals surface area contributed by atoms with Gasteiger partial charge in [-0.15, -0.1) is 0 Å². The molecule has 1 aliphatic rings. The number of hydrogen-bond acceptors (Lipinski definition) is 2. The molecule has 16 heavy (non-hydrogen) atoms. The minimum Gasteiger partial charge on any atom is -0.247 e. The zero-order valence-electron chi connectivity index (χ0n) is 8.60. The summed E-state index contributed by atoms with van der Waals surface area (Å²) in [6, 6.07) is 4.60. The summed E-state index contributed by atoms with van der Waals surface area (Å²) in [6.07, 6.45) is -3.26. The third kappa shape index (κ3) is 1.75. The van der Waals surface area contributed by atoms with E-state index in [0.717, 1.165) is 6.07 Å². The molecule has 0 spiro atoms. The van der Waals surface area contributed by atoms with E-state index in [1.54, 1.807) is 13.0 Å². The minimum atomic E-state index is -4.45. The van der Waals surface area contributed by atoms with Crippen LogP contribution < -0.4 is 0 Å². The van der Waals surface area contributed by atoms with E-state index in [4.69, 9.17) is 5.26 Å². The molecule has 1 heterocycles. The van der Waals surface area contributed by atoms with Gasteiger partial charge < -0.3 is 0 Å². The van der Waals surface area contributed by atoms with Crippen LogP contribution in [0.3, 0.4) is 0 Å². The van der Waals surface area contributed by atoms with Crippen LogP contribution in [0.25, 0.3) is 0 Å². The monoisotopic (exact) mass is 226 g/mol. The first-order valence-corrected chi connectivity index (χ1v) is 4.85. The smallest absolute Gasteiger partial charge is 0.247 e. The van der Waals surface area contributed by atoms with Gasteiger partial charge in [-0.25, -0.2) is 4.98 Å². The first kappa shape index (κ1) is 10.9. The lowest BCUT2D eigenvalue weighted by atomic mass is 10.0. The molecule has 0 bridgehead atoms. The van der Waals surface area contributed by atoms with E-state index in [1.807, 2.05) is 6.07 Å². The van der Waals surface area contributed by atoms with Gasteiger partial charge in [0.05, 0.1) is 17.2 Å². The molecule has 2 nitrogen and oxygen atoms in total. The number of halogens is 3. The molecular formula is C11H9F3N2. The first-order valence-electron chi connectivity index (χ1n) is 4.85. The van der Waals surface area contributed by atoms with Crippen LogP contribution in [-0.4, -0.2) is 4.98 Å². The van der Waals surface area contributed by atoms with Crippen molar-refractivity contribution in [2.24, 2.45) is 0 Å². The van der Waals surface area contributed by atoms with Crippen LogP contribution in [0.1, 0.15) is 29.8 Å². The SMILES string of the molecule is Cc1cc(C(F)(F)F)nc(C2(C#N)CC2)c1. The molecule has 1 aliphatic carbocycles. The number of nitrogens with zero attached hydrogens (tertiary/aromatic N) is 2. The maximum Gasteiger partial charge on any atom is 0.433 e. The lowest BCUT2D eigenvalue weighted by Crippen LogP contribution is -2.14. The Morgan fingerprint density at radius 3 is 2.44 bits per heavy atom. The molecule has 1 saturated carbocycles. The molecule has 0 saturated heterocycles. The quantitative estimate of drug-likeness (QED) is 0.738. The van der Waals surface area contributed by atoms with Gasteiger partial charge >= 0.3 is 6.18 Å². The van der Waals surface area contributed by atoms with Gasteiger partial charge in [0.25, 0.3) is 0 Å². The molecule has 5 heteroatoms. The standard InChI is InChI=1S/C11H9F3N2/c1-7-4-8(10(6-15)2-3-10)16-9(5-7)11(12,13)14/h4-5H,2-3H2,1H3. The molecule has 0 amide bonds. The van der Waals surface area contributed by atoms with Crippen LogP contribution in [0.4, 0.5) is 13.2 Å². The summed E-state index contributed by atoms with van der Waals surface area (Å²) >= 11 is 0. The number of aromatic nitrogens is 1. The Bertz CT molecular complexity index is 467. The van der Waals surface area contributed by atoms with Gasteiger partial charge in [0.15, 0.2) is 0 Å². The fourth-order valence-electron chi connectivity index (χ4n) is 1.61. The van der Waals surface area contributed by atoms with E-state index in [2.05, 4.69) is 4.98 Å². The third-order valence-corrected chi connectivity index (χ3v) is 2.71. The van der Waals surface area contributed by atoms with Crippen molar-refractivity contribution in [3.8, 4) is 6.07 Å². The largest absolute Gasteiger partial charge is 0.433 e. The number of aryl methyl sites for hydroxylation is 1. The van der Waals surface area contributed by atoms with Crippen LogP contribution in [0.5, 0.6) is 0 Å². The van der Waals surface area contributed by atoms with Crippen LogP contribution in [-0.2, 0) is 11.6 Å². The highest BCUT2D eigenvalue weighted by Gasteiger charge is 2.47. The van der Waals surface area contributed by atoms with Crippen LogP contribution in [0.15, 0.2) is 12.1 Å². The Hall–Kier alpha value is -1.57. The molecule has 84 valence electrons. The molecule has 0 radical (unpaired) electrons. The molecule has 0 unspecified atom stereocenters. The van der Waals surface area contributed by atoms with E-state index >= 15 is 0 Å². The molecule has 0 aromatic carbocycles. The topological polar surface area (TPSA) is 36.7 Å². The zero-order chi connectivity index (χ0) is 12.0. The van der Waals surface area contributed by atoms with E-state index in [9.17, 15) is 13.2 Å². The fraction of sp³-hybridized carbons (Fsp3) is 0.455. The van der Waals surface area contributed by atoms with Gasteiger partial charge in [0.2, 0.25) is 0 Å². The Labute approximate surface area is 90.7 Å². The number of rotatable bonds is 1. The molecule has 0 N–H and O–H groups in total. The summed E-state index contributed by atoms with van der Waals surface area (Å²) in [4.78, 5) is 3.56. The average molecular weight is 226 g/mol. The highest BCUT2D eigenvalue weighted by atomic mass is 19.4. The molecule has 2 rings (SSSR count). The molecule has 1 aromatic rings. The summed E-state index contributed by atoms with van der Waals surface area (Å²) in [5, 5.41) is 8.92. The van der Waals surface area contributed by atoms with Gasteiger partial charge in [-0.05, 0) is 37.5 Å². The Morgan fingerprint density at radius 2 is 2.00 bits per heavy atom. The minimum absolute atomic E-state index is 0.252. The number of hydrogen-bond donors (Lipinski definition) is 0. The first-order chi connectivity index (χ1) is 7.37. The van der Waals surface area contributed by atoms with Crippen molar-refractivity contribution in [1.82, 2.24) is 4.98 Å². The van der Waals surface area contributed by atoms with E-state index in [0.29, 0.717) is 18.4 Å². The van der Waals surface area contributed by atoms with Crippen LogP contribution in [0, 0.1) is 18.3 Å². The summed E-state index contributed by atoms with van der Waals surface area (Å²) in [6.45, 7) is 1.58. The number of pyridine rings is 1. The average Bonchev–Trinajstić information content (AvgIpc) is 2.96. The van der Waals surface area contributed by atoms with Crippen molar-refractivity contribution in [3.63, 3.8) is 0 Å². The lowest BCUT2D eigenvalue weighted by molar-refractivity contribution is -0.141. The molecule has 0 atom stereocenters. The maximum absolute atomic E-state index is 12.5. The Morgan fingerprint density at radius 1 is 1.38 bits per heavy atom. The van der Waals surface area contributed by atoms with Crippen molar-refractivity contribution in [2.75, 3.05) is 0 Å². The third-order valence-electron chi connectivity index (χ3n) is 2.71. The lowest BCUT2D eigenvalue weighted by Gasteiger charge is -2.11. The van der Waals surface area contributed by atoms with Crippen molar-refractivity contribution >= 4 is 0 Å². The van der Waals surface area contributed by atoms with E-state index in [1.165, 1.54) is 0 Å². The van der Waals surface area contributed by atoms with Crippen molar-refractivity contribution < 1.29 is 13.2 Å². The van der Waals surface area contributed by atoms with Gasteiger partial charge in [-0.1, -0.05) is 0 Å². The second kappa shape index (κ2) is 3.21. The van der Waals surface area contributed by atoms with Gasteiger partial charge in [0.1, 0.15) is 5.69 Å². The molecule has 0 aliphatic heterocycles. The molecular weight excluding hydrogens is 217 g/mol. The van der Waals surface area contributed by atoms with Crippen molar-refractivity contribution in [2.45, 2.75) is 31.4 Å². The number of alkyl halides is 3. The van der Waals surface area contributed by atoms with Crippen molar-refractivity contribution in [1.29, 1.82) is 5.26 Å². The molecule has 1 aromatic heterocycles. The van der Waals surface area contributed by atoms with Crippen molar-refractivity contribution in [3.05, 3.63) is 29.1 Å². The Kier molecular flexibility index (Phi) is 2.19. The van der Waals surface area contributed by atoms with E-state index in [-0.39, 0.29) is 5.69 Å². The second-order valence-electron chi connectivity index (χ2n) is 4.11. The van der Waals surface area contributed by atoms with E-state index < -0.39 is 17.3 Å². The maximum atomic E-state index is 12.5. The van der Waals surface area contributed by atoms with Gasteiger partial charge in [0, 0.05) is 0 Å². The summed E-state index contributed by atoms with van der Waals surface area (Å²) in [5.41, 5.74) is -0.948. The highest BCUT2D eigenvalue weighted by Crippen LogP contribution is 2.47. The summed E-state index contributed by atoms with van der Waals surface area (Å²) < 4.78 is 37.5. The summed E-state index contributed by atoms with van der Waals surface area (Å²) in [7, 11) is 0. The zero-order valence-corrected chi connectivity index (χ0v) is 8.60. The Balaban J connectivity index is 2.50.